The predicted molar refractivity (Wildman–Crippen MR) is 79.7 cm³/mol. The van der Waals surface area contributed by atoms with Crippen LogP contribution in [-0.4, -0.2) is 35.2 Å². The molecule has 1 aliphatic rings. The Balaban J connectivity index is 1.84. The number of amides is 2. The summed E-state index contributed by atoms with van der Waals surface area (Å²) in [5.74, 6) is 0. The lowest BCUT2D eigenvalue weighted by atomic mass is 10.2. The summed E-state index contributed by atoms with van der Waals surface area (Å²) in [4.78, 5) is 14.1. The predicted octanol–water partition coefficient (Wildman–Crippen LogP) is 2.79. The molecular weight excluding hydrogens is 276 g/mol. The maximum atomic E-state index is 12.2. The van der Waals surface area contributed by atoms with Gasteiger partial charge in [-0.15, -0.1) is 0 Å². The van der Waals surface area contributed by atoms with Crippen LogP contribution in [0.1, 0.15) is 31.2 Å². The average molecular weight is 297 g/mol. The third-order valence-corrected chi connectivity index (χ3v) is 3.81. The van der Waals surface area contributed by atoms with Gasteiger partial charge < -0.3 is 15.3 Å². The summed E-state index contributed by atoms with van der Waals surface area (Å²) in [5.41, 5.74) is 0.925. The standard InChI is InChI=1S/C15H21ClN2O2/c16-14-6-2-1-5-12(14)11-17-15(20)18(13-7-8-13)9-3-4-10-19/h1-2,5-6,13,19H,3-4,7-11H2,(H,17,20). The molecule has 1 aliphatic carbocycles. The van der Waals surface area contributed by atoms with Gasteiger partial charge in [0.2, 0.25) is 0 Å². The zero-order valence-corrected chi connectivity index (χ0v) is 12.3. The van der Waals surface area contributed by atoms with Gasteiger partial charge in [0.25, 0.3) is 0 Å². The van der Waals surface area contributed by atoms with Crippen LogP contribution in [0.5, 0.6) is 0 Å². The number of halogens is 1. The Hall–Kier alpha value is -1.26. The monoisotopic (exact) mass is 296 g/mol. The number of nitrogens with zero attached hydrogens (tertiary/aromatic N) is 1. The average Bonchev–Trinajstić information content (AvgIpc) is 3.27. The summed E-state index contributed by atoms with van der Waals surface area (Å²) in [7, 11) is 0. The fourth-order valence-corrected chi connectivity index (χ4v) is 2.35. The molecule has 0 aromatic heterocycles. The topological polar surface area (TPSA) is 52.6 Å². The molecular formula is C15H21ClN2O2. The summed E-state index contributed by atoms with van der Waals surface area (Å²) < 4.78 is 0. The second kappa shape index (κ2) is 7.50. The van der Waals surface area contributed by atoms with E-state index in [0.29, 0.717) is 24.2 Å². The minimum absolute atomic E-state index is 0.0367. The van der Waals surface area contributed by atoms with E-state index in [1.165, 1.54) is 0 Å². The number of carbonyl (C=O) groups excluding carboxylic acids is 1. The maximum Gasteiger partial charge on any atom is 0.317 e. The van der Waals surface area contributed by atoms with E-state index < -0.39 is 0 Å². The number of unbranched alkanes of at least 4 members (excludes halogenated alkanes) is 1. The number of hydrogen-bond acceptors (Lipinski definition) is 2. The number of urea groups is 1. The maximum absolute atomic E-state index is 12.2. The molecule has 2 amide bonds. The van der Waals surface area contributed by atoms with E-state index >= 15 is 0 Å². The van der Waals surface area contributed by atoms with Gasteiger partial charge in [0, 0.05) is 30.8 Å². The summed E-state index contributed by atoms with van der Waals surface area (Å²) in [5, 5.41) is 12.4. The van der Waals surface area contributed by atoms with Crippen LogP contribution >= 0.6 is 11.6 Å². The van der Waals surface area contributed by atoms with Crippen LogP contribution in [-0.2, 0) is 6.54 Å². The summed E-state index contributed by atoms with van der Waals surface area (Å²) >= 11 is 6.07. The summed E-state index contributed by atoms with van der Waals surface area (Å²) in [6, 6.07) is 7.86. The van der Waals surface area contributed by atoms with E-state index in [4.69, 9.17) is 16.7 Å². The van der Waals surface area contributed by atoms with Crippen LogP contribution in [0.15, 0.2) is 24.3 Å². The second-order valence-corrected chi connectivity index (χ2v) is 5.51. The quantitative estimate of drug-likeness (QED) is 0.760. The Morgan fingerprint density at radius 3 is 2.75 bits per heavy atom. The highest BCUT2D eigenvalue weighted by molar-refractivity contribution is 6.31. The molecule has 1 fully saturated rings. The van der Waals surface area contributed by atoms with E-state index in [2.05, 4.69) is 5.32 Å². The van der Waals surface area contributed by atoms with E-state index in [1.807, 2.05) is 29.2 Å². The van der Waals surface area contributed by atoms with Crippen molar-refractivity contribution in [3.63, 3.8) is 0 Å². The normalized spacial score (nSPS) is 14.1. The number of rotatable bonds is 7. The van der Waals surface area contributed by atoms with E-state index in [9.17, 15) is 4.79 Å². The minimum atomic E-state index is -0.0367. The van der Waals surface area contributed by atoms with Gasteiger partial charge in [-0.05, 0) is 37.3 Å². The van der Waals surface area contributed by atoms with Crippen LogP contribution in [0.25, 0.3) is 0 Å². The molecule has 5 heteroatoms. The van der Waals surface area contributed by atoms with Gasteiger partial charge in [-0.1, -0.05) is 29.8 Å². The highest BCUT2D eigenvalue weighted by Crippen LogP contribution is 2.27. The zero-order valence-electron chi connectivity index (χ0n) is 11.5. The van der Waals surface area contributed by atoms with Gasteiger partial charge in [0.05, 0.1) is 0 Å². The molecule has 0 unspecified atom stereocenters. The molecule has 110 valence electrons. The lowest BCUT2D eigenvalue weighted by molar-refractivity contribution is 0.190. The van der Waals surface area contributed by atoms with Crippen molar-refractivity contribution in [3.8, 4) is 0 Å². The molecule has 0 aliphatic heterocycles. The molecule has 0 heterocycles. The molecule has 1 aromatic rings. The van der Waals surface area contributed by atoms with E-state index in [1.54, 1.807) is 0 Å². The van der Waals surface area contributed by atoms with E-state index in [-0.39, 0.29) is 12.6 Å². The Morgan fingerprint density at radius 2 is 2.10 bits per heavy atom. The van der Waals surface area contributed by atoms with Crippen LogP contribution in [0.2, 0.25) is 5.02 Å². The molecule has 1 saturated carbocycles. The Kier molecular flexibility index (Phi) is 5.68. The number of nitrogens with one attached hydrogen (secondary N) is 1. The molecule has 4 nitrogen and oxygen atoms in total. The van der Waals surface area contributed by atoms with Crippen molar-refractivity contribution in [2.45, 2.75) is 38.3 Å². The summed E-state index contributed by atoms with van der Waals surface area (Å²) in [6.07, 6.45) is 3.74. The van der Waals surface area contributed by atoms with Gasteiger partial charge in [0.1, 0.15) is 0 Å². The Labute approximate surface area is 124 Å². The van der Waals surface area contributed by atoms with Gasteiger partial charge in [-0.3, -0.25) is 0 Å². The fraction of sp³-hybridized carbons (Fsp3) is 0.533. The molecule has 0 radical (unpaired) electrons. The van der Waals surface area contributed by atoms with E-state index in [0.717, 1.165) is 31.2 Å². The highest BCUT2D eigenvalue weighted by atomic mass is 35.5. The lowest BCUT2D eigenvalue weighted by Crippen LogP contribution is -2.41. The molecule has 1 aromatic carbocycles. The van der Waals surface area contributed by atoms with Crippen LogP contribution in [0, 0.1) is 0 Å². The van der Waals surface area contributed by atoms with Crippen molar-refractivity contribution in [2.24, 2.45) is 0 Å². The Bertz CT molecular complexity index is 449. The first-order valence-electron chi connectivity index (χ1n) is 7.11. The van der Waals surface area contributed by atoms with Crippen molar-refractivity contribution < 1.29 is 9.90 Å². The third kappa shape index (κ3) is 4.39. The molecule has 2 rings (SSSR count). The van der Waals surface area contributed by atoms with Crippen molar-refractivity contribution in [1.29, 1.82) is 0 Å². The molecule has 0 bridgehead atoms. The van der Waals surface area contributed by atoms with Crippen molar-refractivity contribution in [3.05, 3.63) is 34.9 Å². The number of aliphatic hydroxyl groups excluding tert-OH is 1. The summed E-state index contributed by atoms with van der Waals surface area (Å²) in [6.45, 7) is 1.33. The minimum Gasteiger partial charge on any atom is -0.396 e. The Morgan fingerprint density at radius 1 is 1.35 bits per heavy atom. The third-order valence-electron chi connectivity index (χ3n) is 3.44. The van der Waals surface area contributed by atoms with Gasteiger partial charge in [0.15, 0.2) is 0 Å². The molecule has 0 atom stereocenters. The number of benzene rings is 1. The molecule has 0 saturated heterocycles. The smallest absolute Gasteiger partial charge is 0.317 e. The number of aliphatic hydroxyl groups is 1. The van der Waals surface area contributed by atoms with Gasteiger partial charge in [-0.25, -0.2) is 4.79 Å². The largest absolute Gasteiger partial charge is 0.396 e. The van der Waals surface area contributed by atoms with Crippen LogP contribution in [0.3, 0.4) is 0 Å². The molecule has 2 N–H and O–H groups in total. The second-order valence-electron chi connectivity index (χ2n) is 5.11. The zero-order chi connectivity index (χ0) is 14.4. The SMILES string of the molecule is O=C(NCc1ccccc1Cl)N(CCCCO)C1CC1. The van der Waals surface area contributed by atoms with Gasteiger partial charge in [-0.2, -0.15) is 0 Å². The van der Waals surface area contributed by atoms with Crippen molar-refractivity contribution in [1.82, 2.24) is 10.2 Å². The first-order valence-corrected chi connectivity index (χ1v) is 7.49. The molecule has 0 spiro atoms. The van der Waals surface area contributed by atoms with Crippen LogP contribution < -0.4 is 5.32 Å². The lowest BCUT2D eigenvalue weighted by Gasteiger charge is -2.23. The number of hydrogen-bond donors (Lipinski definition) is 2. The van der Waals surface area contributed by atoms with Crippen molar-refractivity contribution >= 4 is 17.6 Å². The number of carbonyl (C=O) groups is 1. The first-order chi connectivity index (χ1) is 9.72. The highest BCUT2D eigenvalue weighted by Gasteiger charge is 2.31. The first kappa shape index (κ1) is 15.1. The fourth-order valence-electron chi connectivity index (χ4n) is 2.14. The van der Waals surface area contributed by atoms with Crippen molar-refractivity contribution in [2.75, 3.05) is 13.2 Å². The molecule has 20 heavy (non-hydrogen) atoms. The van der Waals surface area contributed by atoms with Crippen LogP contribution in [0.4, 0.5) is 4.79 Å². The van der Waals surface area contributed by atoms with Gasteiger partial charge >= 0.3 is 6.03 Å².